The number of hydrogen-bond acceptors (Lipinski definition) is 4. The molecule has 1 aromatic carbocycles. The van der Waals surface area contributed by atoms with Crippen molar-refractivity contribution in [3.63, 3.8) is 0 Å². The number of primary amides is 1. The van der Waals surface area contributed by atoms with Gasteiger partial charge in [0, 0.05) is 17.3 Å². The SMILES string of the molecule is CCN1CCC(Cc2[nH]n3c(=O)cc(-c4ccccc4)nc3c2C(N)=O)CC1. The molecular weight excluding hydrogens is 354 g/mol. The third kappa shape index (κ3) is 3.45. The Kier molecular flexibility index (Phi) is 5.00. The van der Waals surface area contributed by atoms with E-state index >= 15 is 0 Å². The molecule has 3 heterocycles. The van der Waals surface area contributed by atoms with Crippen LogP contribution < -0.4 is 11.3 Å². The van der Waals surface area contributed by atoms with E-state index in [1.54, 1.807) is 0 Å². The number of carbonyl (C=O) groups excluding carboxylic acids is 1. The second-order valence-corrected chi connectivity index (χ2v) is 7.42. The number of nitrogens with one attached hydrogen (secondary N) is 1. The number of fused-ring (bicyclic) bond motifs is 1. The molecule has 0 spiro atoms. The van der Waals surface area contributed by atoms with Gasteiger partial charge in [-0.1, -0.05) is 37.3 Å². The fourth-order valence-corrected chi connectivity index (χ4v) is 4.04. The number of H-pyrrole nitrogens is 1. The summed E-state index contributed by atoms with van der Waals surface area (Å²) >= 11 is 0. The van der Waals surface area contributed by atoms with Crippen molar-refractivity contribution in [3.8, 4) is 11.3 Å². The molecule has 0 unspecified atom stereocenters. The quantitative estimate of drug-likeness (QED) is 0.709. The number of nitrogens with two attached hydrogens (primary N) is 1. The van der Waals surface area contributed by atoms with E-state index < -0.39 is 5.91 Å². The minimum Gasteiger partial charge on any atom is -0.365 e. The number of piperidine rings is 1. The summed E-state index contributed by atoms with van der Waals surface area (Å²) in [6, 6.07) is 10.9. The predicted octanol–water partition coefficient (Wildman–Crippen LogP) is 2.06. The van der Waals surface area contributed by atoms with Crippen molar-refractivity contribution < 1.29 is 4.79 Å². The molecular formula is C21H25N5O2. The molecule has 28 heavy (non-hydrogen) atoms. The lowest BCUT2D eigenvalue weighted by atomic mass is 9.91. The molecule has 1 aliphatic rings. The van der Waals surface area contributed by atoms with E-state index in [1.165, 1.54) is 10.6 Å². The fourth-order valence-electron chi connectivity index (χ4n) is 4.04. The van der Waals surface area contributed by atoms with Crippen LogP contribution in [0.1, 0.15) is 35.8 Å². The van der Waals surface area contributed by atoms with Gasteiger partial charge in [-0.3, -0.25) is 14.7 Å². The number of aromatic amines is 1. The van der Waals surface area contributed by atoms with E-state index in [9.17, 15) is 9.59 Å². The van der Waals surface area contributed by atoms with Crippen molar-refractivity contribution in [1.29, 1.82) is 0 Å². The molecule has 1 amide bonds. The molecule has 0 saturated carbocycles. The van der Waals surface area contributed by atoms with Crippen LogP contribution >= 0.6 is 0 Å². The molecule has 146 valence electrons. The molecule has 1 saturated heterocycles. The van der Waals surface area contributed by atoms with Crippen LogP contribution in [0.3, 0.4) is 0 Å². The molecule has 1 fully saturated rings. The minimum atomic E-state index is -0.558. The normalized spacial score (nSPS) is 15.9. The van der Waals surface area contributed by atoms with Crippen LogP contribution in [0.2, 0.25) is 0 Å². The molecule has 0 bridgehead atoms. The first kappa shape index (κ1) is 18.4. The van der Waals surface area contributed by atoms with Crippen molar-refractivity contribution in [1.82, 2.24) is 19.5 Å². The summed E-state index contributed by atoms with van der Waals surface area (Å²) in [6.45, 7) is 5.35. The zero-order valence-electron chi connectivity index (χ0n) is 16.0. The first-order chi connectivity index (χ1) is 13.6. The van der Waals surface area contributed by atoms with Gasteiger partial charge in [-0.15, -0.1) is 0 Å². The average Bonchev–Trinajstić information content (AvgIpc) is 3.08. The Morgan fingerprint density at radius 2 is 1.96 bits per heavy atom. The maximum Gasteiger partial charge on any atom is 0.273 e. The van der Waals surface area contributed by atoms with Gasteiger partial charge in [0.05, 0.1) is 5.69 Å². The highest BCUT2D eigenvalue weighted by atomic mass is 16.1. The summed E-state index contributed by atoms with van der Waals surface area (Å²) in [5.41, 5.74) is 8.14. The largest absolute Gasteiger partial charge is 0.365 e. The van der Waals surface area contributed by atoms with Crippen LogP contribution in [0.15, 0.2) is 41.2 Å². The molecule has 1 aliphatic heterocycles. The number of benzene rings is 1. The topological polar surface area (TPSA) is 96.5 Å². The molecule has 4 rings (SSSR count). The Morgan fingerprint density at radius 1 is 1.25 bits per heavy atom. The first-order valence-corrected chi connectivity index (χ1v) is 9.79. The first-order valence-electron chi connectivity index (χ1n) is 9.79. The molecule has 7 nitrogen and oxygen atoms in total. The lowest BCUT2D eigenvalue weighted by molar-refractivity contribution is 0.1000. The van der Waals surface area contributed by atoms with Crippen molar-refractivity contribution in [3.05, 3.63) is 58.0 Å². The zero-order valence-corrected chi connectivity index (χ0v) is 16.0. The van der Waals surface area contributed by atoms with Crippen molar-refractivity contribution in [2.24, 2.45) is 11.7 Å². The standard InChI is InChI=1S/C21H25N5O2/c1-2-25-10-8-14(9-11-25)12-17-19(20(22)28)21-23-16(13-18(27)26(21)24-17)15-6-4-3-5-7-15/h3-7,13-14,24H,2,8-12H2,1H3,(H2,22,28). The number of aromatic nitrogens is 3. The third-order valence-corrected chi connectivity index (χ3v) is 5.65. The van der Waals surface area contributed by atoms with E-state index in [4.69, 9.17) is 5.73 Å². The molecule has 0 atom stereocenters. The van der Waals surface area contributed by atoms with Gasteiger partial charge in [-0.2, -0.15) is 0 Å². The summed E-state index contributed by atoms with van der Waals surface area (Å²) in [5, 5.41) is 3.09. The average molecular weight is 379 g/mol. The van der Waals surface area contributed by atoms with E-state index in [0.29, 0.717) is 34.9 Å². The van der Waals surface area contributed by atoms with Gasteiger partial charge in [0.2, 0.25) is 0 Å². The Bertz CT molecular complexity index is 1050. The van der Waals surface area contributed by atoms with Gasteiger partial charge >= 0.3 is 0 Å². The number of likely N-dealkylation sites (tertiary alicyclic amines) is 1. The number of rotatable bonds is 5. The number of hydrogen-bond donors (Lipinski definition) is 2. The van der Waals surface area contributed by atoms with Gasteiger partial charge in [-0.25, -0.2) is 9.50 Å². The van der Waals surface area contributed by atoms with Gasteiger partial charge in [-0.05, 0) is 44.8 Å². The molecule has 7 heteroatoms. The van der Waals surface area contributed by atoms with E-state index in [2.05, 4.69) is 21.9 Å². The highest BCUT2D eigenvalue weighted by Crippen LogP contribution is 2.25. The highest BCUT2D eigenvalue weighted by Gasteiger charge is 2.24. The molecule has 0 radical (unpaired) electrons. The second-order valence-electron chi connectivity index (χ2n) is 7.42. The summed E-state index contributed by atoms with van der Waals surface area (Å²) < 4.78 is 1.34. The maximum absolute atomic E-state index is 12.7. The molecule has 3 aromatic rings. The van der Waals surface area contributed by atoms with E-state index in [1.807, 2.05) is 30.3 Å². The van der Waals surface area contributed by atoms with Crippen LogP contribution in [0.4, 0.5) is 0 Å². The van der Waals surface area contributed by atoms with Gasteiger partial charge in [0.25, 0.3) is 11.5 Å². The van der Waals surface area contributed by atoms with Crippen LogP contribution in [-0.4, -0.2) is 45.0 Å². The smallest absolute Gasteiger partial charge is 0.273 e. The number of amides is 1. The maximum atomic E-state index is 12.7. The third-order valence-electron chi connectivity index (χ3n) is 5.65. The highest BCUT2D eigenvalue weighted by molar-refractivity contribution is 6.00. The van der Waals surface area contributed by atoms with Crippen LogP contribution in [0.25, 0.3) is 16.9 Å². The zero-order chi connectivity index (χ0) is 19.7. The van der Waals surface area contributed by atoms with E-state index in [-0.39, 0.29) is 5.56 Å². The minimum absolute atomic E-state index is 0.251. The molecule has 2 aromatic heterocycles. The summed E-state index contributed by atoms with van der Waals surface area (Å²) in [7, 11) is 0. The van der Waals surface area contributed by atoms with Gasteiger partial charge < -0.3 is 10.6 Å². The van der Waals surface area contributed by atoms with Crippen molar-refractivity contribution >= 4 is 11.6 Å². The van der Waals surface area contributed by atoms with E-state index in [0.717, 1.165) is 38.0 Å². The summed E-state index contributed by atoms with van der Waals surface area (Å²) in [5.74, 6) is -0.102. The van der Waals surface area contributed by atoms with Crippen molar-refractivity contribution in [2.45, 2.75) is 26.2 Å². The lowest BCUT2D eigenvalue weighted by Crippen LogP contribution is -2.34. The number of nitrogens with zero attached hydrogens (tertiary/aromatic N) is 3. The summed E-state index contributed by atoms with van der Waals surface area (Å²) in [6.07, 6.45) is 2.83. The lowest BCUT2D eigenvalue weighted by Gasteiger charge is -2.30. The second kappa shape index (κ2) is 7.59. The molecule has 3 N–H and O–H groups in total. The van der Waals surface area contributed by atoms with Crippen LogP contribution in [0.5, 0.6) is 0 Å². The predicted molar refractivity (Wildman–Crippen MR) is 108 cm³/mol. The Labute approximate surface area is 163 Å². The summed E-state index contributed by atoms with van der Waals surface area (Å²) in [4.78, 5) is 31.9. The van der Waals surface area contributed by atoms with Crippen molar-refractivity contribution in [2.75, 3.05) is 19.6 Å². The van der Waals surface area contributed by atoms with Crippen LogP contribution in [0, 0.1) is 5.92 Å². The molecule has 0 aliphatic carbocycles. The Balaban J connectivity index is 1.74. The Morgan fingerprint density at radius 3 is 2.61 bits per heavy atom. The van der Waals surface area contributed by atoms with Crippen LogP contribution in [-0.2, 0) is 6.42 Å². The van der Waals surface area contributed by atoms with Gasteiger partial charge in [0.15, 0.2) is 5.65 Å². The van der Waals surface area contributed by atoms with Gasteiger partial charge in [0.1, 0.15) is 5.56 Å². The number of carbonyl (C=O) groups is 1. The Hall–Kier alpha value is -2.93. The fraction of sp³-hybridized carbons (Fsp3) is 0.381. The monoisotopic (exact) mass is 379 g/mol.